The molecule has 3 heteroatoms. The van der Waals surface area contributed by atoms with Crippen molar-refractivity contribution < 1.29 is 18.9 Å². The monoisotopic (exact) mass is 86.0 g/mol. The normalized spacial score (nSPS) is 4.50. The number of hydrogen-bond donors (Lipinski definition) is 0. The molecule has 0 aromatic rings. The van der Waals surface area contributed by atoms with Crippen molar-refractivity contribution in [1.82, 2.24) is 0 Å². The summed E-state index contributed by atoms with van der Waals surface area (Å²) in [4.78, 5) is 0. The van der Waals surface area contributed by atoms with Gasteiger partial charge in [0.2, 0.25) is 0 Å². The molecule has 0 saturated carbocycles. The predicted molar refractivity (Wildman–Crippen MR) is 23.7 cm³/mol. The molecule has 0 spiro atoms. The molecular formula is CH5LiP2. The van der Waals surface area contributed by atoms with Gasteiger partial charge in [0.05, 0.1) is 0 Å². The first-order valence-corrected chi connectivity index (χ1v) is 2.00. The first kappa shape index (κ1) is 9.07. The van der Waals surface area contributed by atoms with Gasteiger partial charge in [0.25, 0.3) is 0 Å². The van der Waals surface area contributed by atoms with E-state index in [0.29, 0.717) is 0 Å². The fourth-order valence-corrected chi connectivity index (χ4v) is 0. The van der Waals surface area contributed by atoms with Gasteiger partial charge in [-0.3, -0.25) is 24.4 Å². The SMILES string of the molecule is P[CH-]P.[Li+]. The number of rotatable bonds is 0. The van der Waals surface area contributed by atoms with Gasteiger partial charge < -0.3 is 0 Å². The van der Waals surface area contributed by atoms with Gasteiger partial charge in [0, 0.05) is 0 Å². The van der Waals surface area contributed by atoms with Gasteiger partial charge in [-0.25, -0.2) is 0 Å². The van der Waals surface area contributed by atoms with Gasteiger partial charge in [-0.05, 0) is 0 Å². The molecule has 0 radical (unpaired) electrons. The van der Waals surface area contributed by atoms with Crippen molar-refractivity contribution in [2.45, 2.75) is 0 Å². The average Bonchev–Trinajstić information content (AvgIpc) is 0.918. The Balaban J connectivity index is 0. The van der Waals surface area contributed by atoms with Crippen molar-refractivity contribution in [3.05, 3.63) is 5.90 Å². The van der Waals surface area contributed by atoms with Crippen LogP contribution in [0.1, 0.15) is 0 Å². The van der Waals surface area contributed by atoms with E-state index in [1.807, 2.05) is 5.90 Å². The zero-order chi connectivity index (χ0) is 2.71. The fourth-order valence-electron chi connectivity index (χ4n) is 0. The molecule has 0 aromatic heterocycles. The van der Waals surface area contributed by atoms with Crippen LogP contribution in [0.25, 0.3) is 0 Å². The zero-order valence-electron chi connectivity index (χ0n) is 2.73. The maximum absolute atomic E-state index is 2.42. The molecule has 0 amide bonds. The summed E-state index contributed by atoms with van der Waals surface area (Å²) >= 11 is 0. The summed E-state index contributed by atoms with van der Waals surface area (Å²) in [6.45, 7) is 0. The van der Waals surface area contributed by atoms with E-state index < -0.39 is 0 Å². The molecule has 0 aliphatic heterocycles. The molecule has 2 atom stereocenters. The Morgan fingerprint density at radius 1 is 1.25 bits per heavy atom. The molecule has 2 unspecified atom stereocenters. The van der Waals surface area contributed by atoms with Gasteiger partial charge in [-0.15, -0.1) is 0 Å². The molecule has 4 heavy (non-hydrogen) atoms. The minimum Gasteiger partial charge on any atom is -0.295 e. The second kappa shape index (κ2) is 8.82. The van der Waals surface area contributed by atoms with Crippen LogP contribution in [0.3, 0.4) is 0 Å². The van der Waals surface area contributed by atoms with Crippen molar-refractivity contribution >= 4 is 18.5 Å². The molecular weight excluding hydrogens is 80.9 g/mol. The molecule has 0 aromatic carbocycles. The Bertz CT molecular complexity index is 6.00. The standard InChI is InChI=1S/CH5P2.Li/c2-1-3;/h1H,2-3H2;/q-1;+1. The van der Waals surface area contributed by atoms with Gasteiger partial charge in [-0.1, -0.05) is 0 Å². The van der Waals surface area contributed by atoms with Crippen molar-refractivity contribution in [3.63, 3.8) is 0 Å². The molecule has 0 saturated heterocycles. The largest absolute Gasteiger partial charge is 1.00 e. The van der Waals surface area contributed by atoms with E-state index in [1.54, 1.807) is 0 Å². The molecule has 0 nitrogen and oxygen atoms in total. The Kier molecular flexibility index (Phi) is 20.0. The third-order valence-corrected chi connectivity index (χ3v) is 0. The van der Waals surface area contributed by atoms with Gasteiger partial charge in [-0.2, -0.15) is 0 Å². The van der Waals surface area contributed by atoms with E-state index in [9.17, 15) is 0 Å². The van der Waals surface area contributed by atoms with Crippen LogP contribution in [0.2, 0.25) is 0 Å². The third-order valence-electron chi connectivity index (χ3n) is 0. The van der Waals surface area contributed by atoms with E-state index in [1.165, 1.54) is 0 Å². The maximum atomic E-state index is 2.42. The molecule has 0 aliphatic carbocycles. The van der Waals surface area contributed by atoms with Gasteiger partial charge >= 0.3 is 18.9 Å². The summed E-state index contributed by atoms with van der Waals surface area (Å²) in [7, 11) is 4.83. The molecule has 0 heterocycles. The summed E-state index contributed by atoms with van der Waals surface area (Å²) in [6.07, 6.45) is 0. The van der Waals surface area contributed by atoms with Crippen molar-refractivity contribution in [2.75, 3.05) is 0 Å². The van der Waals surface area contributed by atoms with Gasteiger partial charge in [0.15, 0.2) is 0 Å². The van der Waals surface area contributed by atoms with Crippen molar-refractivity contribution in [1.29, 1.82) is 0 Å². The number of hydrogen-bond acceptors (Lipinski definition) is 0. The molecule has 0 aliphatic rings. The summed E-state index contributed by atoms with van der Waals surface area (Å²) in [5.41, 5.74) is 0. The van der Waals surface area contributed by atoms with E-state index in [-0.39, 0.29) is 18.9 Å². The van der Waals surface area contributed by atoms with Crippen LogP contribution >= 0.6 is 18.5 Å². The van der Waals surface area contributed by atoms with Crippen LogP contribution in [-0.4, -0.2) is 0 Å². The van der Waals surface area contributed by atoms with Crippen LogP contribution in [-0.2, 0) is 0 Å². The topological polar surface area (TPSA) is 0 Å². The summed E-state index contributed by atoms with van der Waals surface area (Å²) in [5, 5.41) is 0. The summed E-state index contributed by atoms with van der Waals surface area (Å²) < 4.78 is 0. The summed E-state index contributed by atoms with van der Waals surface area (Å²) in [6, 6.07) is 0. The van der Waals surface area contributed by atoms with Crippen LogP contribution in [0.15, 0.2) is 0 Å². The van der Waals surface area contributed by atoms with Crippen LogP contribution < -0.4 is 18.9 Å². The Morgan fingerprint density at radius 3 is 1.25 bits per heavy atom. The van der Waals surface area contributed by atoms with Crippen LogP contribution in [0, 0.1) is 5.90 Å². The predicted octanol–water partition coefficient (Wildman–Crippen LogP) is -2.14. The van der Waals surface area contributed by atoms with E-state index in [2.05, 4.69) is 18.5 Å². The second-order valence-electron chi connectivity index (χ2n) is 0.192. The second-order valence-corrected chi connectivity index (χ2v) is 1.73. The summed E-state index contributed by atoms with van der Waals surface area (Å²) in [5.74, 6) is 1.83. The smallest absolute Gasteiger partial charge is 0.295 e. The Hall–Kier alpha value is 1.46. The van der Waals surface area contributed by atoms with Gasteiger partial charge in [0.1, 0.15) is 0 Å². The van der Waals surface area contributed by atoms with E-state index in [0.717, 1.165) is 0 Å². The molecule has 0 bridgehead atoms. The molecule has 20 valence electrons. The molecule has 0 rings (SSSR count). The van der Waals surface area contributed by atoms with Crippen molar-refractivity contribution in [2.24, 2.45) is 0 Å². The zero-order valence-corrected chi connectivity index (χ0v) is 5.04. The third kappa shape index (κ3) is 9.83. The Labute approximate surface area is 43.7 Å². The molecule has 0 fully saturated rings. The average molecular weight is 85.9 g/mol. The first-order valence-electron chi connectivity index (χ1n) is 0.667. The maximum Gasteiger partial charge on any atom is 1.00 e. The van der Waals surface area contributed by atoms with Crippen molar-refractivity contribution in [3.8, 4) is 0 Å². The molecule has 0 N–H and O–H groups in total. The van der Waals surface area contributed by atoms with Crippen LogP contribution in [0.5, 0.6) is 0 Å². The Morgan fingerprint density at radius 2 is 1.25 bits per heavy atom. The van der Waals surface area contributed by atoms with Crippen LogP contribution in [0.4, 0.5) is 0 Å². The minimum atomic E-state index is 0. The minimum absolute atomic E-state index is 0. The fraction of sp³-hybridized carbons (Fsp3) is 0. The van der Waals surface area contributed by atoms with E-state index in [4.69, 9.17) is 0 Å². The van der Waals surface area contributed by atoms with E-state index >= 15 is 0 Å². The quantitative estimate of drug-likeness (QED) is 0.179. The first-order chi connectivity index (χ1) is 1.41.